The first kappa shape index (κ1) is 23.5. The zero-order valence-corrected chi connectivity index (χ0v) is 20.2. The number of carbonyl (C=O) groups excluding carboxylic acids is 2. The third-order valence-electron chi connectivity index (χ3n) is 6.21. The van der Waals surface area contributed by atoms with Gasteiger partial charge in [0.25, 0.3) is 0 Å². The van der Waals surface area contributed by atoms with Crippen LogP contribution in [0, 0.1) is 0 Å². The quantitative estimate of drug-likeness (QED) is 0.469. The largest absolute Gasteiger partial charge is 0.378 e. The van der Waals surface area contributed by atoms with Gasteiger partial charge in [0.2, 0.25) is 11.8 Å². The van der Waals surface area contributed by atoms with Gasteiger partial charge >= 0.3 is 0 Å². The van der Waals surface area contributed by atoms with Crippen molar-refractivity contribution in [3.05, 3.63) is 77.9 Å². The summed E-state index contributed by atoms with van der Waals surface area (Å²) in [4.78, 5) is 25.9. The van der Waals surface area contributed by atoms with Crippen LogP contribution in [0.15, 0.2) is 66.7 Å². The number of nitrogens with zero attached hydrogens (tertiary/aromatic N) is 1. The van der Waals surface area contributed by atoms with E-state index in [0.29, 0.717) is 0 Å². The number of carbonyl (C=O) groups is 2. The van der Waals surface area contributed by atoms with Crippen molar-refractivity contribution in [2.24, 2.45) is 0 Å². The number of fused-ring (bicyclic) bond motifs is 1. The van der Waals surface area contributed by atoms with Crippen LogP contribution >= 0.6 is 0 Å². The highest BCUT2D eigenvalue weighted by molar-refractivity contribution is 5.94. The molecule has 1 aliphatic heterocycles. The van der Waals surface area contributed by atoms with Crippen LogP contribution in [-0.4, -0.2) is 24.9 Å². The van der Waals surface area contributed by atoms with Crippen molar-refractivity contribution in [2.75, 3.05) is 22.6 Å². The molecular weight excluding hydrogens is 424 g/mol. The van der Waals surface area contributed by atoms with Gasteiger partial charge in [-0.1, -0.05) is 30.3 Å². The second kappa shape index (κ2) is 10.1. The van der Waals surface area contributed by atoms with Crippen molar-refractivity contribution >= 4 is 28.9 Å². The lowest BCUT2D eigenvalue weighted by Gasteiger charge is -2.39. The lowest BCUT2D eigenvalue weighted by molar-refractivity contribution is -0.117. The van der Waals surface area contributed by atoms with Gasteiger partial charge in [-0.05, 0) is 79.0 Å². The third kappa shape index (κ3) is 5.13. The molecule has 3 aromatic rings. The predicted octanol–water partition coefficient (Wildman–Crippen LogP) is 5.33. The Kier molecular flexibility index (Phi) is 6.98. The van der Waals surface area contributed by atoms with Crippen LogP contribution in [-0.2, 0) is 16.1 Å². The zero-order valence-electron chi connectivity index (χ0n) is 20.2. The van der Waals surface area contributed by atoms with E-state index in [0.717, 1.165) is 46.7 Å². The Morgan fingerprint density at radius 3 is 2.35 bits per heavy atom. The molecule has 1 aliphatic rings. The van der Waals surface area contributed by atoms with Gasteiger partial charge in [-0.25, -0.2) is 0 Å². The second-order valence-electron chi connectivity index (χ2n) is 8.93. The van der Waals surface area contributed by atoms with Gasteiger partial charge in [-0.3, -0.25) is 9.59 Å². The summed E-state index contributed by atoms with van der Waals surface area (Å²) >= 11 is 0. The highest BCUT2D eigenvalue weighted by Gasteiger charge is 2.32. The molecule has 0 unspecified atom stereocenters. The Morgan fingerprint density at radius 1 is 0.941 bits per heavy atom. The Morgan fingerprint density at radius 2 is 1.68 bits per heavy atom. The van der Waals surface area contributed by atoms with Gasteiger partial charge in [0.1, 0.15) is 0 Å². The number of hydrogen-bond acceptors (Lipinski definition) is 4. The van der Waals surface area contributed by atoms with E-state index in [4.69, 9.17) is 0 Å². The summed E-state index contributed by atoms with van der Waals surface area (Å²) in [5.41, 5.74) is 7.13. The maximum atomic E-state index is 12.5. The van der Waals surface area contributed by atoms with E-state index in [9.17, 15) is 9.59 Å². The molecule has 176 valence electrons. The Balaban J connectivity index is 1.71. The summed E-state index contributed by atoms with van der Waals surface area (Å²) in [6.45, 7) is 6.06. The van der Waals surface area contributed by atoms with Crippen molar-refractivity contribution in [1.29, 1.82) is 0 Å². The van der Waals surface area contributed by atoms with Crippen molar-refractivity contribution in [2.45, 2.75) is 45.8 Å². The molecule has 0 saturated heterocycles. The van der Waals surface area contributed by atoms with Crippen LogP contribution in [0.1, 0.15) is 44.4 Å². The first-order chi connectivity index (χ1) is 16.4. The summed E-state index contributed by atoms with van der Waals surface area (Å²) in [6.07, 6.45) is 0.806. The molecule has 1 heterocycles. The van der Waals surface area contributed by atoms with Crippen LogP contribution in [0.3, 0.4) is 0 Å². The molecular formula is C28H32N4O2. The average Bonchev–Trinajstić information content (AvgIpc) is 2.80. The minimum atomic E-state index is -0.0984. The Bertz CT molecular complexity index is 1190. The number of rotatable bonds is 6. The smallest absolute Gasteiger partial charge is 0.224 e. The summed E-state index contributed by atoms with van der Waals surface area (Å²) in [5.74, 6) is -0.0531. The van der Waals surface area contributed by atoms with E-state index < -0.39 is 0 Å². The lowest BCUT2D eigenvalue weighted by atomic mass is 9.88. The molecule has 3 aromatic carbocycles. The fourth-order valence-electron chi connectivity index (χ4n) is 4.76. The normalized spacial score (nSPS) is 17.1. The van der Waals surface area contributed by atoms with Crippen molar-refractivity contribution in [1.82, 2.24) is 5.32 Å². The molecule has 4 rings (SSSR count). The number of benzene rings is 3. The van der Waals surface area contributed by atoms with Gasteiger partial charge in [0.05, 0.1) is 6.04 Å². The van der Waals surface area contributed by atoms with E-state index in [1.807, 2.05) is 48.3 Å². The van der Waals surface area contributed by atoms with Crippen LogP contribution in [0.25, 0.3) is 11.1 Å². The summed E-state index contributed by atoms with van der Waals surface area (Å²) < 4.78 is 0. The monoisotopic (exact) mass is 456 g/mol. The predicted molar refractivity (Wildman–Crippen MR) is 139 cm³/mol. The van der Waals surface area contributed by atoms with Crippen LogP contribution in [0.2, 0.25) is 0 Å². The average molecular weight is 457 g/mol. The highest BCUT2D eigenvalue weighted by Crippen LogP contribution is 2.41. The third-order valence-corrected chi connectivity index (χ3v) is 6.21. The van der Waals surface area contributed by atoms with Crippen LogP contribution in [0.4, 0.5) is 17.1 Å². The van der Waals surface area contributed by atoms with Crippen molar-refractivity contribution in [3.63, 3.8) is 0 Å². The van der Waals surface area contributed by atoms with Gasteiger partial charge in [-0.2, -0.15) is 0 Å². The summed E-state index contributed by atoms with van der Waals surface area (Å²) in [6, 6.07) is 22.7. The molecule has 2 atom stereocenters. The molecule has 3 N–H and O–H groups in total. The minimum absolute atomic E-state index is 0.0454. The standard InChI is InChI=1S/C28H32N4O2/c1-18-14-27(31-24-11-8-21(9-12-24)17-29-4)26-16-23(10-13-28(26)32(18)20(3)34)22-6-5-7-25(15-22)30-19(2)33/h5-13,15-16,18,27,29,31H,14,17H2,1-4H3,(H,30,33)/t18-,27+/m0/s1. The number of amides is 2. The molecule has 0 aliphatic carbocycles. The molecule has 0 saturated carbocycles. The molecule has 0 radical (unpaired) electrons. The van der Waals surface area contributed by atoms with Gasteiger partial charge in [-0.15, -0.1) is 0 Å². The van der Waals surface area contributed by atoms with E-state index >= 15 is 0 Å². The van der Waals surface area contributed by atoms with E-state index in [1.54, 1.807) is 6.92 Å². The first-order valence-electron chi connectivity index (χ1n) is 11.7. The lowest BCUT2D eigenvalue weighted by Crippen LogP contribution is -2.43. The van der Waals surface area contributed by atoms with E-state index in [1.165, 1.54) is 12.5 Å². The van der Waals surface area contributed by atoms with Crippen molar-refractivity contribution in [3.8, 4) is 11.1 Å². The molecule has 2 amide bonds. The van der Waals surface area contributed by atoms with Crippen LogP contribution in [0.5, 0.6) is 0 Å². The molecule has 34 heavy (non-hydrogen) atoms. The van der Waals surface area contributed by atoms with E-state index in [2.05, 4.69) is 53.2 Å². The first-order valence-corrected chi connectivity index (χ1v) is 11.7. The van der Waals surface area contributed by atoms with Crippen molar-refractivity contribution < 1.29 is 9.59 Å². The van der Waals surface area contributed by atoms with E-state index in [-0.39, 0.29) is 23.9 Å². The summed E-state index contributed by atoms with van der Waals surface area (Å²) in [7, 11) is 1.94. The molecule has 6 heteroatoms. The van der Waals surface area contributed by atoms with Gasteiger partial charge in [0, 0.05) is 43.5 Å². The fourth-order valence-corrected chi connectivity index (χ4v) is 4.76. The van der Waals surface area contributed by atoms with Gasteiger partial charge < -0.3 is 20.9 Å². The number of nitrogens with one attached hydrogen (secondary N) is 3. The zero-order chi connectivity index (χ0) is 24.2. The molecule has 0 bridgehead atoms. The minimum Gasteiger partial charge on any atom is -0.378 e. The second-order valence-corrected chi connectivity index (χ2v) is 8.93. The summed E-state index contributed by atoms with van der Waals surface area (Å²) in [5, 5.41) is 9.72. The fraction of sp³-hybridized carbons (Fsp3) is 0.286. The maximum absolute atomic E-state index is 12.5. The number of hydrogen-bond donors (Lipinski definition) is 3. The molecule has 0 spiro atoms. The Hall–Kier alpha value is -3.64. The topological polar surface area (TPSA) is 73.5 Å². The molecule has 0 aromatic heterocycles. The number of anilines is 3. The Labute approximate surface area is 201 Å². The highest BCUT2D eigenvalue weighted by atomic mass is 16.2. The molecule has 0 fully saturated rings. The van der Waals surface area contributed by atoms with Gasteiger partial charge in [0.15, 0.2) is 0 Å². The maximum Gasteiger partial charge on any atom is 0.224 e. The molecule has 6 nitrogen and oxygen atoms in total. The van der Waals surface area contributed by atoms with Crippen LogP contribution < -0.4 is 20.9 Å². The SMILES string of the molecule is CNCc1ccc(N[C@@H]2C[C@H](C)N(C(C)=O)c3ccc(-c4cccc(NC(C)=O)c4)cc32)cc1.